The van der Waals surface area contributed by atoms with E-state index in [0.29, 0.717) is 11.5 Å². The van der Waals surface area contributed by atoms with E-state index in [9.17, 15) is 14.9 Å². The van der Waals surface area contributed by atoms with Gasteiger partial charge in [-0.2, -0.15) is 0 Å². The minimum atomic E-state index is -0.543. The number of rotatable bonds is 6. The van der Waals surface area contributed by atoms with Crippen molar-refractivity contribution >= 4 is 34.6 Å². The number of benzene rings is 2. The van der Waals surface area contributed by atoms with Crippen LogP contribution in [0.4, 0.5) is 11.4 Å². The van der Waals surface area contributed by atoms with Crippen molar-refractivity contribution in [3.63, 3.8) is 0 Å². The molecule has 0 saturated heterocycles. The quantitative estimate of drug-likeness (QED) is 0.309. The van der Waals surface area contributed by atoms with Crippen molar-refractivity contribution in [3.8, 4) is 11.3 Å². The van der Waals surface area contributed by atoms with Crippen LogP contribution in [0.2, 0.25) is 0 Å². The van der Waals surface area contributed by atoms with Crippen LogP contribution in [-0.2, 0) is 0 Å². The molecule has 3 aromatic rings. The Kier molecular flexibility index (Phi) is 6.58. The van der Waals surface area contributed by atoms with Crippen molar-refractivity contribution in [2.75, 3.05) is 5.32 Å². The molecule has 0 aliphatic heterocycles. The number of nitro groups is 1. The summed E-state index contributed by atoms with van der Waals surface area (Å²) in [4.78, 5) is 23.2. The zero-order valence-electron chi connectivity index (χ0n) is 16.5. The van der Waals surface area contributed by atoms with E-state index in [0.717, 1.165) is 17.7 Å². The first-order valence-corrected chi connectivity index (χ1v) is 9.86. The van der Waals surface area contributed by atoms with Crippen molar-refractivity contribution < 1.29 is 14.1 Å². The molecule has 154 valence electrons. The Balaban J connectivity index is 1.73. The molecule has 0 spiro atoms. The highest BCUT2D eigenvalue weighted by Gasteiger charge is 2.20. The van der Waals surface area contributed by atoms with Gasteiger partial charge in [0, 0.05) is 11.8 Å². The molecule has 0 unspecified atom stereocenters. The number of carbonyl (C=O) groups excluding carboxylic acids is 1. The molecule has 1 aromatic heterocycles. The summed E-state index contributed by atoms with van der Waals surface area (Å²) in [6.07, 6.45) is 0.971. The van der Waals surface area contributed by atoms with Crippen LogP contribution in [0.5, 0.6) is 0 Å². The van der Waals surface area contributed by atoms with Gasteiger partial charge in [0.25, 0.3) is 11.6 Å². The van der Waals surface area contributed by atoms with Crippen LogP contribution in [0.25, 0.3) is 11.3 Å². The number of anilines is 1. The first-order valence-electron chi connectivity index (χ1n) is 9.45. The maximum atomic E-state index is 12.5. The van der Waals surface area contributed by atoms with Gasteiger partial charge in [0.2, 0.25) is 0 Å². The fourth-order valence-electron chi connectivity index (χ4n) is 3.02. The number of carbonyl (C=O) groups is 1. The molecule has 0 radical (unpaired) electrons. The zero-order valence-corrected chi connectivity index (χ0v) is 17.4. The maximum absolute atomic E-state index is 12.5. The third kappa shape index (κ3) is 4.72. The number of nitrogens with zero attached hydrogens (tertiary/aromatic N) is 1. The monoisotopic (exact) mass is 423 g/mol. The minimum absolute atomic E-state index is 0.00233. The van der Waals surface area contributed by atoms with Crippen molar-refractivity contribution in [1.82, 2.24) is 5.32 Å². The van der Waals surface area contributed by atoms with E-state index >= 15 is 0 Å². The number of para-hydroxylation sites is 2. The Hall–Kier alpha value is -3.52. The summed E-state index contributed by atoms with van der Waals surface area (Å²) >= 11 is 5.28. The van der Waals surface area contributed by atoms with Gasteiger partial charge < -0.3 is 9.73 Å². The molecule has 7 nitrogen and oxygen atoms in total. The van der Waals surface area contributed by atoms with Crippen molar-refractivity contribution in [1.29, 1.82) is 0 Å². The molecule has 1 heterocycles. The van der Waals surface area contributed by atoms with Gasteiger partial charge in [-0.25, -0.2) is 0 Å². The molecule has 8 heteroatoms. The summed E-state index contributed by atoms with van der Waals surface area (Å²) in [5.74, 6) is 0.0239. The second-order valence-corrected chi connectivity index (χ2v) is 7.15. The van der Waals surface area contributed by atoms with E-state index in [1.807, 2.05) is 24.3 Å². The second kappa shape index (κ2) is 9.32. The molecular weight excluding hydrogens is 402 g/mol. The highest BCUT2D eigenvalue weighted by molar-refractivity contribution is 7.80. The first-order chi connectivity index (χ1) is 14.4. The highest BCUT2D eigenvalue weighted by atomic mass is 32.1. The van der Waals surface area contributed by atoms with Gasteiger partial charge in [-0.1, -0.05) is 44.2 Å². The lowest BCUT2D eigenvalue weighted by Crippen LogP contribution is -2.34. The standard InChI is InChI=1S/C22H21N3O4S/c1-3-14(2)15-8-4-6-10-17(15)23-22(30)24-21(26)20-13-12-19(29-20)16-9-5-7-11-18(16)25(27)28/h4-14H,3H2,1-2H3,(H2,23,24,26,30)/t14-/m1/s1. The molecular formula is C22H21N3O4S. The number of nitrogens with one attached hydrogen (secondary N) is 2. The number of hydrogen-bond donors (Lipinski definition) is 2. The summed E-state index contributed by atoms with van der Waals surface area (Å²) in [7, 11) is 0. The summed E-state index contributed by atoms with van der Waals surface area (Å²) in [5, 5.41) is 17.0. The smallest absolute Gasteiger partial charge is 0.293 e. The Labute approximate surface area is 179 Å². The zero-order chi connectivity index (χ0) is 21.7. The summed E-state index contributed by atoms with van der Waals surface area (Å²) < 4.78 is 5.55. The SMILES string of the molecule is CC[C@@H](C)c1ccccc1NC(=S)NC(=O)c1ccc(-c2ccccc2[N+](=O)[O-])o1. The second-order valence-electron chi connectivity index (χ2n) is 6.74. The molecule has 2 aromatic carbocycles. The Bertz CT molecular complexity index is 1090. The fourth-order valence-corrected chi connectivity index (χ4v) is 3.23. The largest absolute Gasteiger partial charge is 0.451 e. The van der Waals surface area contributed by atoms with E-state index < -0.39 is 10.8 Å². The van der Waals surface area contributed by atoms with Gasteiger partial charge in [-0.05, 0) is 54.4 Å². The molecule has 0 fully saturated rings. The molecule has 2 N–H and O–H groups in total. The van der Waals surface area contributed by atoms with Gasteiger partial charge in [0.15, 0.2) is 10.9 Å². The highest BCUT2D eigenvalue weighted by Crippen LogP contribution is 2.31. The Morgan fingerprint density at radius 3 is 2.57 bits per heavy atom. The van der Waals surface area contributed by atoms with Crippen LogP contribution in [0.3, 0.4) is 0 Å². The van der Waals surface area contributed by atoms with Crippen LogP contribution in [0, 0.1) is 10.1 Å². The number of amides is 1. The average molecular weight is 423 g/mol. The normalized spacial score (nSPS) is 11.5. The van der Waals surface area contributed by atoms with Gasteiger partial charge in [0.05, 0.1) is 10.5 Å². The van der Waals surface area contributed by atoms with Crippen LogP contribution in [0.1, 0.15) is 42.3 Å². The Morgan fingerprint density at radius 2 is 1.83 bits per heavy atom. The van der Waals surface area contributed by atoms with E-state index in [1.165, 1.54) is 18.2 Å². The van der Waals surface area contributed by atoms with Crippen LogP contribution in [-0.4, -0.2) is 15.9 Å². The predicted molar refractivity (Wildman–Crippen MR) is 120 cm³/mol. The molecule has 1 amide bonds. The molecule has 0 saturated carbocycles. The molecule has 1 atom stereocenters. The number of nitro benzene ring substituents is 1. The third-order valence-electron chi connectivity index (χ3n) is 4.78. The van der Waals surface area contributed by atoms with E-state index in [-0.39, 0.29) is 22.3 Å². The van der Waals surface area contributed by atoms with Crippen LogP contribution < -0.4 is 10.6 Å². The first kappa shape index (κ1) is 21.2. The topological polar surface area (TPSA) is 97.4 Å². The predicted octanol–water partition coefficient (Wildman–Crippen LogP) is 5.50. The molecule has 0 aliphatic rings. The van der Waals surface area contributed by atoms with Crippen LogP contribution in [0.15, 0.2) is 65.1 Å². The lowest BCUT2D eigenvalue weighted by molar-refractivity contribution is -0.384. The molecule has 0 bridgehead atoms. The molecule has 3 rings (SSSR count). The fraction of sp³-hybridized carbons (Fsp3) is 0.182. The van der Waals surface area contributed by atoms with Gasteiger partial charge in [-0.3, -0.25) is 20.2 Å². The molecule has 0 aliphatic carbocycles. The lowest BCUT2D eigenvalue weighted by Gasteiger charge is -2.16. The van der Waals surface area contributed by atoms with Gasteiger partial charge in [-0.15, -0.1) is 0 Å². The summed E-state index contributed by atoms with van der Waals surface area (Å²) in [6.45, 7) is 4.22. The van der Waals surface area contributed by atoms with Crippen molar-refractivity contribution in [3.05, 3.63) is 82.1 Å². The summed E-state index contributed by atoms with van der Waals surface area (Å²) in [5.41, 5.74) is 2.13. The van der Waals surface area contributed by atoms with E-state index in [2.05, 4.69) is 24.5 Å². The number of hydrogen-bond acceptors (Lipinski definition) is 5. The molecule has 30 heavy (non-hydrogen) atoms. The minimum Gasteiger partial charge on any atom is -0.451 e. The van der Waals surface area contributed by atoms with E-state index in [4.69, 9.17) is 16.6 Å². The number of furan rings is 1. The van der Waals surface area contributed by atoms with E-state index in [1.54, 1.807) is 18.2 Å². The number of thiocarbonyl (C=S) groups is 1. The maximum Gasteiger partial charge on any atom is 0.293 e. The van der Waals surface area contributed by atoms with Crippen LogP contribution >= 0.6 is 12.2 Å². The van der Waals surface area contributed by atoms with Crippen molar-refractivity contribution in [2.24, 2.45) is 0 Å². The van der Waals surface area contributed by atoms with Crippen molar-refractivity contribution in [2.45, 2.75) is 26.2 Å². The third-order valence-corrected chi connectivity index (χ3v) is 4.98. The summed E-state index contributed by atoms with van der Waals surface area (Å²) in [6, 6.07) is 16.9. The van der Waals surface area contributed by atoms with Gasteiger partial charge in [0.1, 0.15) is 5.76 Å². The lowest BCUT2D eigenvalue weighted by atomic mass is 9.97. The van der Waals surface area contributed by atoms with Gasteiger partial charge >= 0.3 is 0 Å². The average Bonchev–Trinajstić information content (AvgIpc) is 3.24. The Morgan fingerprint density at radius 1 is 1.13 bits per heavy atom.